The minimum atomic E-state index is -0.121. The number of carbonyl (C=O) groups excluding carboxylic acids is 3. The van der Waals surface area contributed by atoms with Crippen LogP contribution in [0.25, 0.3) is 0 Å². The molecule has 3 amide bonds. The van der Waals surface area contributed by atoms with Crippen molar-refractivity contribution >= 4 is 23.4 Å². The molecule has 2 aliphatic heterocycles. The summed E-state index contributed by atoms with van der Waals surface area (Å²) in [6.07, 6.45) is 5.24. The zero-order valence-electron chi connectivity index (χ0n) is 15.7. The summed E-state index contributed by atoms with van der Waals surface area (Å²) in [5.74, 6) is 0.507. The molecule has 0 spiro atoms. The van der Waals surface area contributed by atoms with E-state index in [0.717, 1.165) is 56.4 Å². The molecule has 1 aromatic carbocycles. The highest BCUT2D eigenvalue weighted by Gasteiger charge is 2.36. The first kappa shape index (κ1) is 18.0. The Bertz CT molecular complexity index is 744. The van der Waals surface area contributed by atoms with E-state index in [9.17, 15) is 14.4 Å². The normalized spacial score (nSPS) is 22.8. The van der Waals surface area contributed by atoms with Crippen LogP contribution in [0.5, 0.6) is 0 Å². The molecule has 2 saturated heterocycles. The van der Waals surface area contributed by atoms with Crippen molar-refractivity contribution in [3.05, 3.63) is 29.8 Å². The number of benzene rings is 1. The Labute approximate surface area is 159 Å². The summed E-state index contributed by atoms with van der Waals surface area (Å²) in [6, 6.07) is 7.82. The maximum atomic E-state index is 12.6. The van der Waals surface area contributed by atoms with Crippen molar-refractivity contribution in [3.63, 3.8) is 0 Å². The molecular formula is C21H27N3O3. The molecule has 0 aromatic heterocycles. The summed E-state index contributed by atoms with van der Waals surface area (Å²) in [5.41, 5.74) is 1.89. The van der Waals surface area contributed by atoms with Gasteiger partial charge in [-0.25, -0.2) is 0 Å². The molecule has 3 aliphatic rings. The summed E-state index contributed by atoms with van der Waals surface area (Å²) in [6.45, 7) is 2.54. The third-order valence-corrected chi connectivity index (χ3v) is 5.79. The number of nitrogens with one attached hydrogen (secondary N) is 1. The van der Waals surface area contributed by atoms with Crippen molar-refractivity contribution in [2.45, 2.75) is 45.1 Å². The van der Waals surface area contributed by atoms with Crippen molar-refractivity contribution in [1.82, 2.24) is 10.2 Å². The van der Waals surface area contributed by atoms with Gasteiger partial charge in [-0.15, -0.1) is 0 Å². The first-order valence-electron chi connectivity index (χ1n) is 10.1. The summed E-state index contributed by atoms with van der Waals surface area (Å²) >= 11 is 0. The van der Waals surface area contributed by atoms with Gasteiger partial charge in [0.15, 0.2) is 0 Å². The lowest BCUT2D eigenvalue weighted by molar-refractivity contribution is -0.136. The van der Waals surface area contributed by atoms with E-state index in [1.54, 1.807) is 0 Å². The van der Waals surface area contributed by atoms with Gasteiger partial charge in [0.1, 0.15) is 0 Å². The van der Waals surface area contributed by atoms with E-state index in [2.05, 4.69) is 5.32 Å². The molecule has 1 N–H and O–H groups in total. The molecular weight excluding hydrogens is 342 g/mol. The van der Waals surface area contributed by atoms with Crippen LogP contribution >= 0.6 is 0 Å². The topological polar surface area (TPSA) is 69.7 Å². The lowest BCUT2D eigenvalue weighted by atomic mass is 9.96. The van der Waals surface area contributed by atoms with Gasteiger partial charge >= 0.3 is 0 Å². The van der Waals surface area contributed by atoms with Crippen LogP contribution < -0.4 is 10.2 Å². The lowest BCUT2D eigenvalue weighted by Crippen LogP contribution is -2.45. The van der Waals surface area contributed by atoms with Crippen LogP contribution in [0.1, 0.15) is 44.1 Å². The lowest BCUT2D eigenvalue weighted by Gasteiger charge is -2.32. The number of piperidine rings is 1. The third kappa shape index (κ3) is 4.15. The number of hydrogen-bond donors (Lipinski definition) is 1. The van der Waals surface area contributed by atoms with Crippen LogP contribution in [0.3, 0.4) is 0 Å². The molecule has 6 heteroatoms. The number of hydrogen-bond acceptors (Lipinski definition) is 3. The van der Waals surface area contributed by atoms with Crippen molar-refractivity contribution < 1.29 is 14.4 Å². The standard InChI is InChI=1S/C21H27N3O3/c25-19-7-3-11-24(19)18-6-1-4-15(12-18)13-22-20(26)17-5-2-10-23(14-17)21(27)16-8-9-16/h1,4,6,12,16-17H,2-3,5,7-11,13-14H2,(H,22,26). The van der Waals surface area contributed by atoms with E-state index >= 15 is 0 Å². The molecule has 1 aliphatic carbocycles. The zero-order chi connectivity index (χ0) is 18.8. The van der Waals surface area contributed by atoms with Gasteiger partial charge in [-0.2, -0.15) is 0 Å². The number of amides is 3. The Morgan fingerprint density at radius 3 is 2.67 bits per heavy atom. The quantitative estimate of drug-likeness (QED) is 0.864. The number of carbonyl (C=O) groups is 3. The van der Waals surface area contributed by atoms with Crippen LogP contribution in [0, 0.1) is 11.8 Å². The Morgan fingerprint density at radius 2 is 1.93 bits per heavy atom. The largest absolute Gasteiger partial charge is 0.352 e. The first-order valence-corrected chi connectivity index (χ1v) is 10.1. The summed E-state index contributed by atoms with van der Waals surface area (Å²) in [7, 11) is 0. The fourth-order valence-corrected chi connectivity index (χ4v) is 4.07. The van der Waals surface area contributed by atoms with Crippen molar-refractivity contribution in [2.75, 3.05) is 24.5 Å². The average molecular weight is 369 g/mol. The van der Waals surface area contributed by atoms with Gasteiger partial charge in [-0.1, -0.05) is 12.1 Å². The van der Waals surface area contributed by atoms with E-state index in [1.165, 1.54) is 0 Å². The molecule has 4 rings (SSSR count). The van der Waals surface area contributed by atoms with E-state index in [1.807, 2.05) is 34.1 Å². The highest BCUT2D eigenvalue weighted by atomic mass is 16.2. The first-order chi connectivity index (χ1) is 13.1. The van der Waals surface area contributed by atoms with Gasteiger partial charge in [0.2, 0.25) is 17.7 Å². The van der Waals surface area contributed by atoms with Gasteiger partial charge < -0.3 is 15.1 Å². The minimum absolute atomic E-state index is 0.0194. The fourth-order valence-electron chi connectivity index (χ4n) is 4.07. The molecule has 1 aromatic rings. The van der Waals surface area contributed by atoms with Gasteiger partial charge in [0.25, 0.3) is 0 Å². The Hall–Kier alpha value is -2.37. The predicted molar refractivity (Wildman–Crippen MR) is 102 cm³/mol. The van der Waals surface area contributed by atoms with E-state index in [4.69, 9.17) is 0 Å². The van der Waals surface area contributed by atoms with Gasteiger partial charge in [0.05, 0.1) is 5.92 Å². The molecule has 144 valence electrons. The van der Waals surface area contributed by atoms with Gasteiger partial charge in [-0.05, 0) is 49.8 Å². The van der Waals surface area contributed by atoms with Crippen LogP contribution in [0.15, 0.2) is 24.3 Å². The smallest absolute Gasteiger partial charge is 0.227 e. The molecule has 1 saturated carbocycles. The Morgan fingerprint density at radius 1 is 1.07 bits per heavy atom. The molecule has 0 bridgehead atoms. The van der Waals surface area contributed by atoms with Crippen LogP contribution in [-0.4, -0.2) is 42.3 Å². The zero-order valence-corrected chi connectivity index (χ0v) is 15.7. The van der Waals surface area contributed by atoms with Crippen LogP contribution in [-0.2, 0) is 20.9 Å². The second-order valence-corrected chi connectivity index (χ2v) is 7.93. The van der Waals surface area contributed by atoms with Crippen molar-refractivity contribution in [2.24, 2.45) is 11.8 Å². The van der Waals surface area contributed by atoms with Gasteiger partial charge in [0, 0.05) is 44.2 Å². The second kappa shape index (κ2) is 7.71. The molecule has 1 atom stereocenters. The van der Waals surface area contributed by atoms with Crippen LogP contribution in [0.4, 0.5) is 5.69 Å². The molecule has 0 radical (unpaired) electrons. The number of likely N-dealkylation sites (tertiary alicyclic amines) is 1. The molecule has 3 fully saturated rings. The van der Waals surface area contributed by atoms with Gasteiger partial charge in [-0.3, -0.25) is 14.4 Å². The summed E-state index contributed by atoms with van der Waals surface area (Å²) in [4.78, 5) is 40.5. The average Bonchev–Trinajstić information content (AvgIpc) is 3.46. The summed E-state index contributed by atoms with van der Waals surface area (Å²) in [5, 5.41) is 3.02. The molecule has 6 nitrogen and oxygen atoms in total. The number of anilines is 1. The second-order valence-electron chi connectivity index (χ2n) is 7.93. The minimum Gasteiger partial charge on any atom is -0.352 e. The van der Waals surface area contributed by atoms with Crippen molar-refractivity contribution in [3.8, 4) is 0 Å². The van der Waals surface area contributed by atoms with E-state index < -0.39 is 0 Å². The Kier molecular flexibility index (Phi) is 5.14. The maximum absolute atomic E-state index is 12.6. The van der Waals surface area contributed by atoms with E-state index in [-0.39, 0.29) is 29.6 Å². The highest BCUT2D eigenvalue weighted by molar-refractivity contribution is 5.95. The molecule has 27 heavy (non-hydrogen) atoms. The van der Waals surface area contributed by atoms with Crippen LogP contribution in [0.2, 0.25) is 0 Å². The SMILES string of the molecule is O=C(NCc1cccc(N2CCCC2=O)c1)C1CCCN(C(=O)C2CC2)C1. The monoisotopic (exact) mass is 369 g/mol. The number of nitrogens with zero attached hydrogens (tertiary/aromatic N) is 2. The highest BCUT2D eigenvalue weighted by Crippen LogP contribution is 2.32. The van der Waals surface area contributed by atoms with E-state index in [0.29, 0.717) is 19.5 Å². The predicted octanol–water partition coefficient (Wildman–Crippen LogP) is 2.08. The maximum Gasteiger partial charge on any atom is 0.227 e. The number of rotatable bonds is 5. The fraction of sp³-hybridized carbons (Fsp3) is 0.571. The third-order valence-electron chi connectivity index (χ3n) is 5.79. The van der Waals surface area contributed by atoms with Crippen molar-refractivity contribution in [1.29, 1.82) is 0 Å². The molecule has 2 heterocycles. The summed E-state index contributed by atoms with van der Waals surface area (Å²) < 4.78 is 0. The molecule has 1 unspecified atom stereocenters. The Balaban J connectivity index is 1.32.